The number of ether oxygens (including phenoxy) is 2. The van der Waals surface area contributed by atoms with E-state index < -0.39 is 41.0 Å². The molecule has 0 saturated carbocycles. The van der Waals surface area contributed by atoms with Crippen LogP contribution in [0.5, 0.6) is 5.88 Å². The highest BCUT2D eigenvalue weighted by Crippen LogP contribution is 2.62. The number of aliphatic hydroxyl groups is 1. The molecule has 1 aromatic carbocycles. The molecule has 5 atom stereocenters. The number of rotatable bonds is 5. The SMILES string of the molecule is C[C@]12O[C@](CCOc3ccc(Cl)cn3)(C[C@@H]1O)[C@H]1C(=O)N(c3ccc(C#N)c4nsnc34)C(=O)[C@H]12. The minimum Gasteiger partial charge on any atom is -0.478 e. The van der Waals surface area contributed by atoms with Crippen molar-refractivity contribution in [2.24, 2.45) is 11.8 Å². The van der Waals surface area contributed by atoms with Gasteiger partial charge < -0.3 is 14.6 Å². The first kappa shape index (κ1) is 22.3. The predicted octanol–water partition coefficient (Wildman–Crippen LogP) is 2.48. The predicted molar refractivity (Wildman–Crippen MR) is 124 cm³/mol. The summed E-state index contributed by atoms with van der Waals surface area (Å²) in [7, 11) is 0. The van der Waals surface area contributed by atoms with Crippen LogP contribution in [0.3, 0.4) is 0 Å². The summed E-state index contributed by atoms with van der Waals surface area (Å²) in [5, 5.41) is 20.7. The molecule has 0 aliphatic carbocycles. The lowest BCUT2D eigenvalue weighted by Crippen LogP contribution is -2.49. The number of fused-ring (bicyclic) bond motifs is 6. The molecule has 2 bridgehead atoms. The number of pyridine rings is 1. The topological polar surface area (TPSA) is 139 Å². The van der Waals surface area contributed by atoms with Gasteiger partial charge in [-0.05, 0) is 25.1 Å². The Morgan fingerprint density at radius 2 is 2.03 bits per heavy atom. The number of carbonyl (C=O) groups is 2. The van der Waals surface area contributed by atoms with E-state index in [1.165, 1.54) is 12.3 Å². The van der Waals surface area contributed by atoms with Gasteiger partial charge in [-0.3, -0.25) is 9.59 Å². The molecule has 1 N–H and O–H groups in total. The van der Waals surface area contributed by atoms with Crippen LogP contribution >= 0.6 is 23.3 Å². The third kappa shape index (κ3) is 3.04. The van der Waals surface area contributed by atoms with Crippen LogP contribution in [0.4, 0.5) is 5.69 Å². The van der Waals surface area contributed by atoms with Crippen LogP contribution in [-0.4, -0.2) is 54.6 Å². The average molecular weight is 512 g/mol. The monoisotopic (exact) mass is 511 g/mol. The summed E-state index contributed by atoms with van der Waals surface area (Å²) in [5.74, 6) is -2.15. The molecular weight excluding hydrogens is 494 g/mol. The van der Waals surface area contributed by atoms with Gasteiger partial charge >= 0.3 is 0 Å². The van der Waals surface area contributed by atoms with Gasteiger partial charge in [0.05, 0.1) is 58.1 Å². The third-order valence-corrected chi connectivity index (χ3v) is 8.10. The fraction of sp³-hybridized carbons (Fsp3) is 0.391. The maximum Gasteiger partial charge on any atom is 0.240 e. The molecule has 0 spiro atoms. The highest BCUT2D eigenvalue weighted by Gasteiger charge is 2.77. The molecule has 2 amide bonds. The second-order valence-corrected chi connectivity index (χ2v) is 10.1. The summed E-state index contributed by atoms with van der Waals surface area (Å²) in [5.41, 5.74) is -1.02. The van der Waals surface area contributed by atoms with Crippen LogP contribution in [-0.2, 0) is 14.3 Å². The number of benzene rings is 1. The molecule has 3 aliphatic heterocycles. The van der Waals surface area contributed by atoms with Crippen molar-refractivity contribution in [3.63, 3.8) is 0 Å². The van der Waals surface area contributed by atoms with E-state index in [1.807, 2.05) is 0 Å². The lowest BCUT2D eigenvalue weighted by atomic mass is 9.66. The van der Waals surface area contributed by atoms with Gasteiger partial charge in [0.1, 0.15) is 22.7 Å². The molecule has 0 radical (unpaired) electrons. The zero-order chi connectivity index (χ0) is 24.5. The van der Waals surface area contributed by atoms with Gasteiger partial charge in [0.15, 0.2) is 0 Å². The molecule has 3 aliphatic rings. The minimum atomic E-state index is -1.21. The Morgan fingerprint density at radius 1 is 1.26 bits per heavy atom. The number of aliphatic hydroxyl groups excluding tert-OH is 1. The van der Waals surface area contributed by atoms with Crippen LogP contribution < -0.4 is 9.64 Å². The largest absolute Gasteiger partial charge is 0.478 e. The molecule has 0 unspecified atom stereocenters. The summed E-state index contributed by atoms with van der Waals surface area (Å²) >= 11 is 6.77. The Hall–Kier alpha value is -3.17. The summed E-state index contributed by atoms with van der Waals surface area (Å²) in [6.07, 6.45) is 1.03. The van der Waals surface area contributed by atoms with Crippen LogP contribution in [0, 0.1) is 23.2 Å². The van der Waals surface area contributed by atoms with E-state index in [2.05, 4.69) is 19.8 Å². The number of aromatic nitrogens is 3. The van der Waals surface area contributed by atoms with Crippen molar-refractivity contribution in [1.82, 2.24) is 13.7 Å². The van der Waals surface area contributed by atoms with Gasteiger partial charge in [0.2, 0.25) is 17.7 Å². The number of carbonyl (C=O) groups excluding carboxylic acids is 2. The maximum absolute atomic E-state index is 13.8. The number of hydrogen-bond donors (Lipinski definition) is 1. The van der Waals surface area contributed by atoms with E-state index >= 15 is 0 Å². The first-order valence-corrected chi connectivity index (χ1v) is 12.1. The maximum atomic E-state index is 13.8. The first-order valence-electron chi connectivity index (χ1n) is 10.9. The molecule has 178 valence electrons. The van der Waals surface area contributed by atoms with Gasteiger partial charge in [0.25, 0.3) is 0 Å². The standard InChI is InChI=1S/C23H18ClN5O5S/c1-22-14(30)8-23(34-22,6-7-33-15-5-3-12(24)10-26-15)17-16(22)20(31)29(21(17)32)13-4-2-11(9-25)18-19(13)28-35-27-18/h2-5,10,14,16-17,30H,6-8H2,1H3/t14-,16-,17+,22-,23+/m0/s1. The molecular formula is C23H18ClN5O5S. The fourth-order valence-electron chi connectivity index (χ4n) is 5.76. The Kier molecular flexibility index (Phi) is 4.88. The highest BCUT2D eigenvalue weighted by atomic mass is 35.5. The van der Waals surface area contributed by atoms with Crippen LogP contribution in [0.2, 0.25) is 5.02 Å². The quantitative estimate of drug-likeness (QED) is 0.511. The first-order chi connectivity index (χ1) is 16.8. The van der Waals surface area contributed by atoms with Crippen molar-refractivity contribution in [3.05, 3.63) is 41.0 Å². The number of nitrogens with zero attached hydrogens (tertiary/aromatic N) is 5. The van der Waals surface area contributed by atoms with Gasteiger partial charge in [-0.1, -0.05) is 11.6 Å². The third-order valence-electron chi connectivity index (χ3n) is 7.35. The number of halogens is 1. The molecule has 3 aromatic rings. The van der Waals surface area contributed by atoms with Crippen LogP contribution in [0.15, 0.2) is 30.5 Å². The number of imide groups is 1. The molecule has 12 heteroatoms. The Bertz CT molecular complexity index is 1420. The van der Waals surface area contributed by atoms with E-state index in [0.717, 1.165) is 16.6 Å². The van der Waals surface area contributed by atoms with E-state index in [1.54, 1.807) is 25.1 Å². The lowest BCUT2D eigenvalue weighted by Gasteiger charge is -2.33. The summed E-state index contributed by atoms with van der Waals surface area (Å²) in [6, 6.07) is 8.42. The number of anilines is 1. The zero-order valence-corrected chi connectivity index (χ0v) is 19.9. The second-order valence-electron chi connectivity index (χ2n) is 9.16. The number of amides is 2. The molecule has 35 heavy (non-hydrogen) atoms. The molecule has 3 fully saturated rings. The van der Waals surface area contributed by atoms with Gasteiger partial charge in [-0.2, -0.15) is 14.0 Å². The second kappa shape index (κ2) is 7.66. The summed E-state index contributed by atoms with van der Waals surface area (Å²) in [4.78, 5) is 32.7. The number of hydrogen-bond acceptors (Lipinski definition) is 10. The molecule has 3 saturated heterocycles. The van der Waals surface area contributed by atoms with E-state index in [0.29, 0.717) is 27.5 Å². The highest BCUT2D eigenvalue weighted by molar-refractivity contribution is 7.00. The number of nitriles is 1. The molecule has 6 rings (SSSR count). The van der Waals surface area contributed by atoms with E-state index in [9.17, 15) is 20.0 Å². The van der Waals surface area contributed by atoms with Gasteiger partial charge in [0, 0.05) is 25.1 Å². The molecule has 10 nitrogen and oxygen atoms in total. The lowest BCUT2D eigenvalue weighted by molar-refractivity contribution is -0.134. The van der Waals surface area contributed by atoms with Crippen LogP contribution in [0.25, 0.3) is 11.0 Å². The van der Waals surface area contributed by atoms with Gasteiger partial charge in [-0.15, -0.1) is 0 Å². The fourth-order valence-corrected chi connectivity index (χ4v) is 6.44. The normalized spacial score (nSPS) is 31.3. The summed E-state index contributed by atoms with van der Waals surface area (Å²) in [6.45, 7) is 1.85. The Labute approximate surface area is 208 Å². The van der Waals surface area contributed by atoms with Crippen molar-refractivity contribution >= 4 is 51.9 Å². The smallest absolute Gasteiger partial charge is 0.240 e. The van der Waals surface area contributed by atoms with E-state index in [-0.39, 0.29) is 25.1 Å². The Morgan fingerprint density at radius 3 is 2.77 bits per heavy atom. The van der Waals surface area contributed by atoms with Gasteiger partial charge in [-0.25, -0.2) is 9.88 Å². The summed E-state index contributed by atoms with van der Waals surface area (Å²) < 4.78 is 20.5. The van der Waals surface area contributed by atoms with E-state index in [4.69, 9.17) is 21.1 Å². The van der Waals surface area contributed by atoms with Crippen molar-refractivity contribution < 1.29 is 24.2 Å². The van der Waals surface area contributed by atoms with Crippen molar-refractivity contribution in [2.45, 2.75) is 37.1 Å². The minimum absolute atomic E-state index is 0.166. The Balaban J connectivity index is 1.34. The van der Waals surface area contributed by atoms with Crippen molar-refractivity contribution in [2.75, 3.05) is 11.5 Å². The zero-order valence-electron chi connectivity index (χ0n) is 18.3. The molecule has 5 heterocycles. The van der Waals surface area contributed by atoms with Crippen molar-refractivity contribution in [3.8, 4) is 11.9 Å². The van der Waals surface area contributed by atoms with Crippen molar-refractivity contribution in [1.29, 1.82) is 5.26 Å². The average Bonchev–Trinajstić information content (AvgIpc) is 3.55. The molecule has 2 aromatic heterocycles. The van der Waals surface area contributed by atoms with Crippen LogP contribution in [0.1, 0.15) is 25.3 Å².